The number of nitrogens with zero attached hydrogens (tertiary/aromatic N) is 2. The third-order valence-electron chi connectivity index (χ3n) is 6.09. The van der Waals surface area contributed by atoms with Gasteiger partial charge in [-0.05, 0) is 18.9 Å². The first kappa shape index (κ1) is 17.8. The Morgan fingerprint density at radius 1 is 1.19 bits per heavy atom. The molecular weight excluding hydrogens is 330 g/mol. The first-order valence-corrected chi connectivity index (χ1v) is 9.86. The van der Waals surface area contributed by atoms with Gasteiger partial charge in [-0.25, -0.2) is 0 Å². The van der Waals surface area contributed by atoms with Crippen LogP contribution in [0.5, 0.6) is 5.75 Å². The summed E-state index contributed by atoms with van der Waals surface area (Å²) in [5.74, 6) is 1.30. The van der Waals surface area contributed by atoms with Gasteiger partial charge in [0.05, 0.1) is 6.04 Å². The molecule has 26 heavy (non-hydrogen) atoms. The van der Waals surface area contributed by atoms with Crippen LogP contribution in [0.25, 0.3) is 0 Å². The number of carbonyl (C=O) groups excluding carboxylic acids is 1. The SMILES string of the molecule is O=C(NCCN1CCN([C@H]2COc3ccccc3[C@@H]2O)CC1)C1CCC1. The quantitative estimate of drug-likeness (QED) is 0.822. The van der Waals surface area contributed by atoms with Gasteiger partial charge in [0.25, 0.3) is 0 Å². The van der Waals surface area contributed by atoms with Crippen molar-refractivity contribution < 1.29 is 14.6 Å². The van der Waals surface area contributed by atoms with Crippen LogP contribution in [0.4, 0.5) is 0 Å². The minimum Gasteiger partial charge on any atom is -0.491 e. The van der Waals surface area contributed by atoms with Gasteiger partial charge in [-0.2, -0.15) is 0 Å². The number of para-hydroxylation sites is 1. The Balaban J connectivity index is 1.22. The molecule has 1 aromatic carbocycles. The van der Waals surface area contributed by atoms with Crippen LogP contribution >= 0.6 is 0 Å². The third-order valence-corrected chi connectivity index (χ3v) is 6.09. The molecule has 0 aromatic heterocycles. The first-order valence-electron chi connectivity index (χ1n) is 9.86. The molecule has 4 rings (SSSR count). The minimum absolute atomic E-state index is 0.0189. The topological polar surface area (TPSA) is 65.0 Å². The number of piperazine rings is 1. The normalized spacial score (nSPS) is 27.3. The van der Waals surface area contributed by atoms with Gasteiger partial charge >= 0.3 is 0 Å². The summed E-state index contributed by atoms with van der Waals surface area (Å²) in [7, 11) is 0. The van der Waals surface area contributed by atoms with E-state index in [1.807, 2.05) is 24.3 Å². The Morgan fingerprint density at radius 3 is 2.69 bits per heavy atom. The Bertz CT molecular complexity index is 626. The van der Waals surface area contributed by atoms with Gasteiger partial charge < -0.3 is 15.2 Å². The summed E-state index contributed by atoms with van der Waals surface area (Å²) in [5, 5.41) is 13.8. The molecule has 142 valence electrons. The molecule has 2 aliphatic heterocycles. The summed E-state index contributed by atoms with van der Waals surface area (Å²) in [5.41, 5.74) is 0.893. The van der Waals surface area contributed by atoms with Gasteiger partial charge in [0, 0.05) is 50.7 Å². The molecule has 6 nitrogen and oxygen atoms in total. The Hall–Kier alpha value is -1.63. The highest BCUT2D eigenvalue weighted by Gasteiger charge is 2.35. The van der Waals surface area contributed by atoms with Crippen LogP contribution in [0.15, 0.2) is 24.3 Å². The van der Waals surface area contributed by atoms with Crippen molar-refractivity contribution in [3.8, 4) is 5.75 Å². The number of hydrogen-bond acceptors (Lipinski definition) is 5. The van der Waals surface area contributed by atoms with Gasteiger partial charge in [-0.3, -0.25) is 14.6 Å². The number of aliphatic hydroxyl groups excluding tert-OH is 1. The number of amides is 1. The lowest BCUT2D eigenvalue weighted by Gasteiger charge is -2.42. The second-order valence-electron chi connectivity index (χ2n) is 7.66. The molecule has 0 radical (unpaired) electrons. The monoisotopic (exact) mass is 359 g/mol. The zero-order valence-electron chi connectivity index (χ0n) is 15.3. The molecule has 1 amide bonds. The predicted octanol–water partition coefficient (Wildman–Crippen LogP) is 1.01. The molecular formula is C20H29N3O3. The molecule has 0 bridgehead atoms. The maximum Gasteiger partial charge on any atom is 0.223 e. The van der Waals surface area contributed by atoms with Crippen LogP contribution < -0.4 is 10.1 Å². The highest BCUT2D eigenvalue weighted by Crippen LogP contribution is 2.34. The Kier molecular flexibility index (Phi) is 5.43. The van der Waals surface area contributed by atoms with Crippen molar-refractivity contribution in [2.75, 3.05) is 45.9 Å². The maximum absolute atomic E-state index is 11.9. The minimum atomic E-state index is -0.492. The molecule has 2 N–H and O–H groups in total. The summed E-state index contributed by atoms with van der Waals surface area (Å²) in [6, 6.07) is 7.78. The van der Waals surface area contributed by atoms with Gasteiger partial charge in [0.2, 0.25) is 5.91 Å². The van der Waals surface area contributed by atoms with Crippen molar-refractivity contribution in [1.29, 1.82) is 0 Å². The van der Waals surface area contributed by atoms with Crippen LogP contribution in [0.3, 0.4) is 0 Å². The third kappa shape index (κ3) is 3.72. The van der Waals surface area contributed by atoms with E-state index in [0.717, 1.165) is 63.4 Å². The van der Waals surface area contributed by atoms with E-state index in [1.165, 1.54) is 6.42 Å². The largest absolute Gasteiger partial charge is 0.491 e. The van der Waals surface area contributed by atoms with Crippen molar-refractivity contribution in [3.05, 3.63) is 29.8 Å². The summed E-state index contributed by atoms with van der Waals surface area (Å²) in [6.07, 6.45) is 2.81. The van der Waals surface area contributed by atoms with E-state index >= 15 is 0 Å². The van der Waals surface area contributed by atoms with Crippen molar-refractivity contribution in [3.63, 3.8) is 0 Å². The number of benzene rings is 1. The molecule has 1 aromatic rings. The number of hydrogen-bond donors (Lipinski definition) is 2. The smallest absolute Gasteiger partial charge is 0.223 e. The number of fused-ring (bicyclic) bond motifs is 1. The van der Waals surface area contributed by atoms with E-state index in [2.05, 4.69) is 15.1 Å². The average molecular weight is 359 g/mol. The van der Waals surface area contributed by atoms with Crippen LogP contribution in [-0.4, -0.2) is 72.7 Å². The zero-order chi connectivity index (χ0) is 17.9. The fourth-order valence-corrected chi connectivity index (χ4v) is 4.11. The Morgan fingerprint density at radius 2 is 1.96 bits per heavy atom. The van der Waals surface area contributed by atoms with E-state index < -0.39 is 6.10 Å². The summed E-state index contributed by atoms with van der Waals surface area (Å²) in [6.45, 7) is 5.94. The van der Waals surface area contributed by atoms with E-state index in [-0.39, 0.29) is 17.9 Å². The van der Waals surface area contributed by atoms with Crippen molar-refractivity contribution >= 4 is 5.91 Å². The lowest BCUT2D eigenvalue weighted by Crippen LogP contribution is -2.55. The fourth-order valence-electron chi connectivity index (χ4n) is 4.11. The molecule has 1 saturated heterocycles. The molecule has 0 unspecified atom stereocenters. The first-order chi connectivity index (χ1) is 12.7. The van der Waals surface area contributed by atoms with Gasteiger partial charge in [0.1, 0.15) is 18.5 Å². The molecule has 0 spiro atoms. The van der Waals surface area contributed by atoms with Crippen molar-refractivity contribution in [2.45, 2.75) is 31.4 Å². The fraction of sp³-hybridized carbons (Fsp3) is 0.650. The van der Waals surface area contributed by atoms with E-state index in [4.69, 9.17) is 4.74 Å². The van der Waals surface area contributed by atoms with Crippen LogP contribution in [-0.2, 0) is 4.79 Å². The standard InChI is InChI=1S/C20H29N3O3/c24-19-16-6-1-2-7-18(16)26-14-17(19)23-12-10-22(11-13-23)9-8-21-20(25)15-4-3-5-15/h1-2,6-7,15,17,19,24H,3-5,8-14H2,(H,21,25)/t17-,19-/m0/s1. The van der Waals surface area contributed by atoms with E-state index in [0.29, 0.717) is 6.61 Å². The molecule has 2 heterocycles. The van der Waals surface area contributed by atoms with E-state index in [9.17, 15) is 9.90 Å². The second kappa shape index (κ2) is 7.94. The Labute approximate surface area is 155 Å². The highest BCUT2D eigenvalue weighted by atomic mass is 16.5. The molecule has 3 aliphatic rings. The lowest BCUT2D eigenvalue weighted by molar-refractivity contribution is -0.127. The number of nitrogens with one attached hydrogen (secondary N) is 1. The van der Waals surface area contributed by atoms with E-state index in [1.54, 1.807) is 0 Å². The number of carbonyl (C=O) groups is 1. The predicted molar refractivity (Wildman–Crippen MR) is 99.0 cm³/mol. The number of rotatable bonds is 5. The zero-order valence-corrected chi connectivity index (χ0v) is 15.3. The van der Waals surface area contributed by atoms with Gasteiger partial charge in [-0.15, -0.1) is 0 Å². The van der Waals surface area contributed by atoms with Crippen LogP contribution in [0.2, 0.25) is 0 Å². The summed E-state index contributed by atoms with van der Waals surface area (Å²) >= 11 is 0. The van der Waals surface area contributed by atoms with Crippen LogP contribution in [0.1, 0.15) is 30.9 Å². The molecule has 2 atom stereocenters. The number of aliphatic hydroxyl groups is 1. The highest BCUT2D eigenvalue weighted by molar-refractivity contribution is 5.79. The van der Waals surface area contributed by atoms with Crippen molar-refractivity contribution in [1.82, 2.24) is 15.1 Å². The van der Waals surface area contributed by atoms with Gasteiger partial charge in [0.15, 0.2) is 0 Å². The second-order valence-corrected chi connectivity index (χ2v) is 7.66. The molecule has 2 fully saturated rings. The number of ether oxygens (including phenoxy) is 1. The molecule has 1 aliphatic carbocycles. The molecule has 1 saturated carbocycles. The average Bonchev–Trinajstić information content (AvgIpc) is 2.62. The van der Waals surface area contributed by atoms with Crippen molar-refractivity contribution in [2.24, 2.45) is 5.92 Å². The summed E-state index contributed by atoms with van der Waals surface area (Å²) < 4.78 is 5.85. The van der Waals surface area contributed by atoms with Crippen LogP contribution in [0, 0.1) is 5.92 Å². The maximum atomic E-state index is 11.9. The molecule has 6 heteroatoms. The van der Waals surface area contributed by atoms with Gasteiger partial charge in [-0.1, -0.05) is 24.6 Å². The lowest BCUT2D eigenvalue weighted by atomic mass is 9.85. The summed E-state index contributed by atoms with van der Waals surface area (Å²) in [4.78, 5) is 16.6.